The van der Waals surface area contributed by atoms with Crippen molar-refractivity contribution in [2.45, 2.75) is 50.6 Å². The van der Waals surface area contributed by atoms with Crippen LogP contribution in [0.3, 0.4) is 0 Å². The van der Waals surface area contributed by atoms with Gasteiger partial charge in [0.15, 0.2) is 0 Å². The highest BCUT2D eigenvalue weighted by atomic mass is 35.5. The van der Waals surface area contributed by atoms with Crippen molar-refractivity contribution in [3.8, 4) is 11.4 Å². The molecule has 51 heavy (non-hydrogen) atoms. The highest BCUT2D eigenvalue weighted by Gasteiger charge is 2.42. The fourth-order valence-corrected chi connectivity index (χ4v) is 7.78. The van der Waals surface area contributed by atoms with Crippen molar-refractivity contribution in [3.05, 3.63) is 88.2 Å². The van der Waals surface area contributed by atoms with Gasteiger partial charge in [-0.15, -0.1) is 5.10 Å². The first-order valence-electron chi connectivity index (χ1n) is 17.6. The smallest absolute Gasteiger partial charge is 0.257 e. The number of benzene rings is 3. The number of nitrogens with one attached hydrogen (secondary N) is 1. The van der Waals surface area contributed by atoms with Gasteiger partial charge in [-0.1, -0.05) is 41.4 Å². The fraction of sp³-hybridized carbons (Fsp3) is 0.432. The lowest BCUT2D eigenvalue weighted by atomic mass is 9.76. The van der Waals surface area contributed by atoms with Crippen molar-refractivity contribution >= 4 is 46.1 Å². The monoisotopic (exact) mass is 731 g/mol. The van der Waals surface area contributed by atoms with Gasteiger partial charge in [-0.05, 0) is 97.6 Å². The van der Waals surface area contributed by atoms with E-state index in [4.69, 9.17) is 37.7 Å². The third kappa shape index (κ3) is 7.55. The summed E-state index contributed by atoms with van der Waals surface area (Å²) in [6.07, 6.45) is 5.21. The molecule has 3 aromatic carbocycles. The number of carbonyl (C=O) groups is 1. The highest BCUT2D eigenvalue weighted by molar-refractivity contribution is 6.42. The van der Waals surface area contributed by atoms with Crippen LogP contribution in [0.4, 0.5) is 5.95 Å². The Bertz CT molecular complexity index is 1960. The van der Waals surface area contributed by atoms with Crippen LogP contribution in [0.1, 0.15) is 48.5 Å². The van der Waals surface area contributed by atoms with Gasteiger partial charge in [0.1, 0.15) is 12.1 Å². The molecule has 2 fully saturated rings. The summed E-state index contributed by atoms with van der Waals surface area (Å²) in [5.41, 5.74) is 4.07. The lowest BCUT2D eigenvalue weighted by molar-refractivity contribution is 0.0776. The minimum Gasteiger partial charge on any atom is -0.496 e. The predicted octanol–water partition coefficient (Wildman–Crippen LogP) is 6.11. The fourth-order valence-electron chi connectivity index (χ4n) is 7.48. The Hall–Kier alpha value is -4.23. The van der Waals surface area contributed by atoms with Crippen LogP contribution in [-0.4, -0.2) is 105 Å². The Morgan fingerprint density at radius 3 is 2.63 bits per heavy atom. The molecule has 268 valence electrons. The van der Waals surface area contributed by atoms with Crippen molar-refractivity contribution in [1.82, 2.24) is 39.6 Å². The van der Waals surface area contributed by atoms with Gasteiger partial charge < -0.3 is 29.2 Å². The Morgan fingerprint density at radius 2 is 1.86 bits per heavy atom. The second kappa shape index (κ2) is 15.6. The summed E-state index contributed by atoms with van der Waals surface area (Å²) in [5, 5.41) is 16.3. The third-order valence-electron chi connectivity index (χ3n) is 10.3. The van der Waals surface area contributed by atoms with Crippen molar-refractivity contribution in [2.75, 3.05) is 58.4 Å². The number of likely N-dealkylation sites (tertiary alicyclic amines) is 2. The zero-order valence-electron chi connectivity index (χ0n) is 29.0. The molecule has 1 N–H and O–H groups in total. The number of para-hydroxylation sites is 2. The van der Waals surface area contributed by atoms with Crippen molar-refractivity contribution < 1.29 is 14.3 Å². The number of methoxy groups -OCH3 is 1. The number of rotatable bonds is 13. The Morgan fingerprint density at radius 1 is 1.02 bits per heavy atom. The lowest BCUT2D eigenvalue weighted by Crippen LogP contribution is -2.42. The summed E-state index contributed by atoms with van der Waals surface area (Å²) in [4.78, 5) is 23.5. The van der Waals surface area contributed by atoms with Gasteiger partial charge in [-0.2, -0.15) is 0 Å². The summed E-state index contributed by atoms with van der Waals surface area (Å²) in [6, 6.07) is 19.9. The van der Waals surface area contributed by atoms with E-state index in [9.17, 15) is 4.79 Å². The largest absolute Gasteiger partial charge is 0.496 e. The van der Waals surface area contributed by atoms with E-state index in [1.165, 1.54) is 11.0 Å². The summed E-state index contributed by atoms with van der Waals surface area (Å²) < 4.78 is 15.1. The molecule has 0 radical (unpaired) electrons. The summed E-state index contributed by atoms with van der Waals surface area (Å²) in [5.74, 6) is 1.32. The number of hydrogen-bond acceptors (Lipinski definition) is 9. The molecule has 0 spiro atoms. The number of tetrazole rings is 1. The van der Waals surface area contributed by atoms with Crippen LogP contribution in [0.5, 0.6) is 5.75 Å². The summed E-state index contributed by atoms with van der Waals surface area (Å²) >= 11 is 12.9. The van der Waals surface area contributed by atoms with Gasteiger partial charge in [0.05, 0.1) is 46.0 Å². The maximum Gasteiger partial charge on any atom is 0.257 e. The second-order valence-corrected chi connectivity index (χ2v) is 14.1. The molecule has 2 aromatic heterocycles. The van der Waals surface area contributed by atoms with E-state index in [1.807, 2.05) is 36.1 Å². The SMILES string of the molecule is CCOCCn1c(NC2CCN(CC[C@]3(c4ccc(Cl)c(Cl)c4)CCN(C(=O)c4cc(-n5cnnn5)ccc4OC)C3)CC2)nc2ccccc21. The minimum atomic E-state index is -0.287. The number of aromatic nitrogens is 6. The number of fused-ring (bicyclic) bond motifs is 1. The molecule has 5 aromatic rings. The molecule has 0 unspecified atom stereocenters. The zero-order chi connectivity index (χ0) is 35.4. The van der Waals surface area contributed by atoms with Gasteiger partial charge in [-0.3, -0.25) is 4.79 Å². The molecule has 14 heteroatoms. The number of ether oxygens (including phenoxy) is 2. The Kier molecular flexibility index (Phi) is 10.7. The minimum absolute atomic E-state index is 0.0946. The van der Waals surface area contributed by atoms with Crippen LogP contribution < -0.4 is 10.1 Å². The number of nitrogens with zero attached hydrogens (tertiary/aromatic N) is 8. The molecule has 2 aliphatic heterocycles. The first kappa shape index (κ1) is 35.2. The van der Waals surface area contributed by atoms with E-state index in [1.54, 1.807) is 19.2 Å². The van der Waals surface area contributed by atoms with Crippen molar-refractivity contribution in [3.63, 3.8) is 0 Å². The second-order valence-electron chi connectivity index (χ2n) is 13.3. The molecule has 1 atom stereocenters. The van der Waals surface area contributed by atoms with E-state index in [2.05, 4.69) is 54.6 Å². The number of piperidine rings is 1. The molecule has 0 bridgehead atoms. The van der Waals surface area contributed by atoms with E-state index < -0.39 is 0 Å². The predicted molar refractivity (Wildman–Crippen MR) is 198 cm³/mol. The Labute approximate surface area is 307 Å². The van der Waals surface area contributed by atoms with Crippen LogP contribution in [0.15, 0.2) is 67.0 Å². The average molecular weight is 733 g/mol. The van der Waals surface area contributed by atoms with Gasteiger partial charge in [0, 0.05) is 50.8 Å². The maximum absolute atomic E-state index is 14.1. The molecular weight excluding hydrogens is 689 g/mol. The van der Waals surface area contributed by atoms with Crippen molar-refractivity contribution in [1.29, 1.82) is 0 Å². The van der Waals surface area contributed by atoms with Crippen LogP contribution in [0.25, 0.3) is 16.7 Å². The van der Waals surface area contributed by atoms with Crippen molar-refractivity contribution in [2.24, 2.45) is 0 Å². The van der Waals surface area contributed by atoms with Gasteiger partial charge in [-0.25, -0.2) is 9.67 Å². The molecule has 4 heterocycles. The van der Waals surface area contributed by atoms with E-state index in [0.717, 1.165) is 74.4 Å². The average Bonchev–Trinajstić information content (AvgIpc) is 3.93. The maximum atomic E-state index is 14.1. The first-order chi connectivity index (χ1) is 24.9. The lowest BCUT2D eigenvalue weighted by Gasteiger charge is -2.36. The first-order valence-corrected chi connectivity index (χ1v) is 18.3. The van der Waals surface area contributed by atoms with Crippen LogP contribution >= 0.6 is 23.2 Å². The van der Waals surface area contributed by atoms with Crippen LogP contribution in [-0.2, 0) is 16.7 Å². The Balaban J connectivity index is 1.04. The number of carbonyl (C=O) groups excluding carboxylic acids is 1. The molecular formula is C37H43Cl2N9O3. The molecule has 7 rings (SSSR count). The topological polar surface area (TPSA) is 115 Å². The van der Waals surface area contributed by atoms with Crippen LogP contribution in [0, 0.1) is 0 Å². The van der Waals surface area contributed by atoms with Gasteiger partial charge >= 0.3 is 0 Å². The number of anilines is 1. The molecule has 2 aliphatic rings. The molecule has 0 aliphatic carbocycles. The number of halogens is 2. The van der Waals surface area contributed by atoms with Crippen LogP contribution in [0.2, 0.25) is 10.0 Å². The normalized spacial score (nSPS) is 18.5. The van der Waals surface area contributed by atoms with E-state index in [0.29, 0.717) is 59.4 Å². The number of hydrogen-bond donors (Lipinski definition) is 1. The standard InChI is InChI=1S/C37H43Cl2N9O3/c1-3-51-21-20-47-33-7-5-4-6-32(33)42-36(47)41-27-12-16-45(17-13-27)18-14-37(26-8-10-30(38)31(39)22-26)15-19-46(24-37)35(49)29-23-28(9-11-34(29)50-2)48-25-40-43-44-48/h4-11,22-23,25,27H,3,12-21,24H2,1-2H3,(H,41,42)/t37-/m0/s1. The quantitative estimate of drug-likeness (QED) is 0.143. The van der Waals surface area contributed by atoms with E-state index >= 15 is 0 Å². The molecule has 1 amide bonds. The zero-order valence-corrected chi connectivity index (χ0v) is 30.5. The third-order valence-corrected chi connectivity index (χ3v) is 11.1. The van der Waals surface area contributed by atoms with Gasteiger partial charge in [0.25, 0.3) is 5.91 Å². The van der Waals surface area contributed by atoms with Gasteiger partial charge in [0.2, 0.25) is 5.95 Å². The number of imidazole rings is 1. The summed E-state index contributed by atoms with van der Waals surface area (Å²) in [6.45, 7) is 8.12. The molecule has 0 saturated carbocycles. The summed E-state index contributed by atoms with van der Waals surface area (Å²) in [7, 11) is 1.57. The molecule has 12 nitrogen and oxygen atoms in total. The van der Waals surface area contributed by atoms with E-state index in [-0.39, 0.29) is 11.3 Å². The number of amides is 1. The molecule has 2 saturated heterocycles. The highest BCUT2D eigenvalue weighted by Crippen LogP contribution is 2.41.